The van der Waals surface area contributed by atoms with Gasteiger partial charge in [0.05, 0.1) is 6.42 Å². The maximum Gasteiger partial charge on any atom is 0.326 e. The molecule has 10 heteroatoms. The van der Waals surface area contributed by atoms with E-state index in [4.69, 9.17) is 10.8 Å². The molecule has 1 atom stereocenters. The molecule has 0 spiro atoms. The minimum absolute atomic E-state index is 0.591. The van der Waals surface area contributed by atoms with Gasteiger partial charge in [-0.1, -0.05) is 0 Å². The fraction of sp³-hybridized carbons (Fsp3) is 0.545. The fourth-order valence-corrected chi connectivity index (χ4v) is 1.75. The summed E-state index contributed by atoms with van der Waals surface area (Å²) in [7, 11) is 0. The predicted octanol–water partition coefficient (Wildman–Crippen LogP) is -2.24. The summed E-state index contributed by atoms with van der Waals surface area (Å²) < 4.78 is 0. The maximum absolute atomic E-state index is 11.8. The number of imide groups is 1. The lowest BCUT2D eigenvalue weighted by atomic mass is 10.1. The first-order valence-corrected chi connectivity index (χ1v) is 5.99. The molecular weight excluding hydrogens is 284 g/mol. The van der Waals surface area contributed by atoms with E-state index in [1.54, 1.807) is 0 Å². The Bertz CT molecular complexity index is 515. The van der Waals surface area contributed by atoms with Gasteiger partial charge >= 0.3 is 12.0 Å². The highest BCUT2D eigenvalue weighted by Gasteiger charge is 2.45. The Morgan fingerprint density at radius 1 is 1.38 bits per heavy atom. The number of hydrogen-bond acceptors (Lipinski definition) is 5. The summed E-state index contributed by atoms with van der Waals surface area (Å²) in [5.74, 6) is -3.84. The average Bonchev–Trinajstić information content (AvgIpc) is 2.50. The van der Waals surface area contributed by atoms with Gasteiger partial charge in [0, 0.05) is 0 Å². The number of aliphatic carboxylic acids is 1. The monoisotopic (exact) mass is 300 g/mol. The second-order valence-corrected chi connectivity index (χ2v) is 5.08. The first kappa shape index (κ1) is 16.4. The minimum Gasteiger partial charge on any atom is -0.480 e. The Morgan fingerprint density at radius 2 is 1.95 bits per heavy atom. The first-order chi connectivity index (χ1) is 9.54. The molecule has 0 bridgehead atoms. The lowest BCUT2D eigenvalue weighted by Gasteiger charge is -2.17. The largest absolute Gasteiger partial charge is 0.480 e. The molecule has 1 aliphatic heterocycles. The molecule has 5 amide bonds. The minimum atomic E-state index is -1.51. The van der Waals surface area contributed by atoms with E-state index in [2.05, 4.69) is 5.32 Å². The Kier molecular flexibility index (Phi) is 4.51. The molecule has 1 rings (SSSR count). The zero-order valence-electron chi connectivity index (χ0n) is 11.5. The lowest BCUT2D eigenvalue weighted by molar-refractivity contribution is -0.143. The van der Waals surface area contributed by atoms with Crippen molar-refractivity contribution in [2.45, 2.75) is 31.8 Å². The van der Waals surface area contributed by atoms with Crippen LogP contribution in [-0.4, -0.2) is 57.9 Å². The van der Waals surface area contributed by atoms with Gasteiger partial charge in [-0.05, 0) is 13.8 Å². The number of carboxylic acid groups (broad SMARTS) is 1. The summed E-state index contributed by atoms with van der Waals surface area (Å²) in [5, 5.41) is 13.2. The van der Waals surface area contributed by atoms with Crippen molar-refractivity contribution in [2.24, 2.45) is 5.73 Å². The standard InChI is InChI=1S/C11H16N4O6/c1-11(2)9(20)15(10(21)14-11)4-7(17)13-5(8(18)19)3-6(12)16/h5H,3-4H2,1-2H3,(H2,12,16)(H,13,17)(H,14,21)(H,18,19)/t5-/m0/s1. The van der Waals surface area contributed by atoms with Gasteiger partial charge < -0.3 is 21.5 Å². The summed E-state index contributed by atoms with van der Waals surface area (Å²) in [5.41, 5.74) is 3.74. The number of rotatable bonds is 6. The lowest BCUT2D eigenvalue weighted by Crippen LogP contribution is -2.48. The van der Waals surface area contributed by atoms with Crippen molar-refractivity contribution in [1.29, 1.82) is 0 Å². The maximum atomic E-state index is 11.8. The van der Waals surface area contributed by atoms with Crippen molar-refractivity contribution in [3.63, 3.8) is 0 Å². The second kappa shape index (κ2) is 5.77. The molecule has 10 nitrogen and oxygen atoms in total. The highest BCUT2D eigenvalue weighted by atomic mass is 16.4. The zero-order chi connectivity index (χ0) is 16.4. The number of carbonyl (C=O) groups is 5. The quantitative estimate of drug-likeness (QED) is 0.406. The number of nitrogens with two attached hydrogens (primary N) is 1. The topological polar surface area (TPSA) is 159 Å². The van der Waals surface area contributed by atoms with Crippen molar-refractivity contribution in [3.05, 3.63) is 0 Å². The zero-order valence-corrected chi connectivity index (χ0v) is 11.5. The van der Waals surface area contributed by atoms with Crippen molar-refractivity contribution in [1.82, 2.24) is 15.5 Å². The van der Waals surface area contributed by atoms with Gasteiger partial charge in [0.15, 0.2) is 0 Å². The summed E-state index contributed by atoms with van der Waals surface area (Å²) >= 11 is 0. The highest BCUT2D eigenvalue weighted by molar-refractivity contribution is 6.08. The Balaban J connectivity index is 2.69. The SMILES string of the molecule is CC1(C)NC(=O)N(CC(=O)N[C@@H](CC(N)=O)C(=O)O)C1=O. The van der Waals surface area contributed by atoms with Gasteiger partial charge in [-0.15, -0.1) is 0 Å². The Labute approximate surface area is 119 Å². The molecule has 0 saturated carbocycles. The third kappa shape index (κ3) is 3.91. The Hall–Kier alpha value is -2.65. The van der Waals surface area contributed by atoms with Crippen molar-refractivity contribution >= 4 is 29.7 Å². The molecule has 0 radical (unpaired) electrons. The van der Waals surface area contributed by atoms with Crippen LogP contribution in [0.5, 0.6) is 0 Å². The molecule has 116 valence electrons. The molecule has 1 heterocycles. The molecule has 1 aliphatic rings. The van der Waals surface area contributed by atoms with Crippen LogP contribution < -0.4 is 16.4 Å². The third-order valence-corrected chi connectivity index (χ3v) is 2.78. The number of nitrogens with zero attached hydrogens (tertiary/aromatic N) is 1. The van der Waals surface area contributed by atoms with Gasteiger partial charge in [0.1, 0.15) is 18.1 Å². The summed E-state index contributed by atoms with van der Waals surface area (Å²) in [6.07, 6.45) is -0.591. The van der Waals surface area contributed by atoms with Gasteiger partial charge in [-0.3, -0.25) is 19.3 Å². The number of primary amides is 1. The third-order valence-electron chi connectivity index (χ3n) is 2.78. The van der Waals surface area contributed by atoms with Crippen LogP contribution >= 0.6 is 0 Å². The number of carboxylic acids is 1. The van der Waals surface area contributed by atoms with Crippen LogP contribution in [0.25, 0.3) is 0 Å². The van der Waals surface area contributed by atoms with Crippen LogP contribution in [0.4, 0.5) is 4.79 Å². The van der Waals surface area contributed by atoms with E-state index in [0.29, 0.717) is 4.90 Å². The van der Waals surface area contributed by atoms with Crippen LogP contribution in [0, 0.1) is 0 Å². The van der Waals surface area contributed by atoms with Gasteiger partial charge in [0.25, 0.3) is 5.91 Å². The second-order valence-electron chi connectivity index (χ2n) is 5.08. The highest BCUT2D eigenvalue weighted by Crippen LogP contribution is 2.15. The number of nitrogens with one attached hydrogen (secondary N) is 2. The first-order valence-electron chi connectivity index (χ1n) is 5.99. The van der Waals surface area contributed by atoms with Crippen LogP contribution in [0.2, 0.25) is 0 Å². The smallest absolute Gasteiger partial charge is 0.326 e. The normalized spacial score (nSPS) is 18.1. The van der Waals surface area contributed by atoms with Crippen LogP contribution in [0.1, 0.15) is 20.3 Å². The number of carbonyl (C=O) groups excluding carboxylic acids is 4. The average molecular weight is 300 g/mol. The van der Waals surface area contributed by atoms with E-state index in [0.717, 1.165) is 0 Å². The fourth-order valence-electron chi connectivity index (χ4n) is 1.75. The molecule has 1 saturated heterocycles. The molecular formula is C11H16N4O6. The molecule has 0 aromatic heterocycles. The van der Waals surface area contributed by atoms with E-state index in [-0.39, 0.29) is 0 Å². The van der Waals surface area contributed by atoms with Crippen LogP contribution in [0.3, 0.4) is 0 Å². The van der Waals surface area contributed by atoms with Crippen LogP contribution in [0.15, 0.2) is 0 Å². The predicted molar refractivity (Wildman–Crippen MR) is 67.7 cm³/mol. The summed E-state index contributed by atoms with van der Waals surface area (Å²) in [6.45, 7) is 2.30. The van der Waals surface area contributed by atoms with E-state index < -0.39 is 54.3 Å². The summed E-state index contributed by atoms with van der Waals surface area (Å²) in [4.78, 5) is 57.3. The van der Waals surface area contributed by atoms with E-state index in [1.807, 2.05) is 5.32 Å². The molecule has 0 unspecified atom stereocenters. The Morgan fingerprint density at radius 3 is 2.33 bits per heavy atom. The molecule has 21 heavy (non-hydrogen) atoms. The summed E-state index contributed by atoms with van der Waals surface area (Å²) in [6, 6.07) is -2.26. The van der Waals surface area contributed by atoms with E-state index in [1.165, 1.54) is 13.8 Å². The molecule has 0 aromatic rings. The number of urea groups is 1. The van der Waals surface area contributed by atoms with Gasteiger partial charge in [0.2, 0.25) is 11.8 Å². The molecule has 0 aromatic carbocycles. The van der Waals surface area contributed by atoms with Gasteiger partial charge in [-0.25, -0.2) is 9.59 Å². The van der Waals surface area contributed by atoms with Crippen LogP contribution in [-0.2, 0) is 19.2 Å². The van der Waals surface area contributed by atoms with Crippen molar-refractivity contribution < 1.29 is 29.1 Å². The van der Waals surface area contributed by atoms with E-state index in [9.17, 15) is 24.0 Å². The number of hydrogen-bond donors (Lipinski definition) is 4. The van der Waals surface area contributed by atoms with Crippen molar-refractivity contribution in [2.75, 3.05) is 6.54 Å². The van der Waals surface area contributed by atoms with Crippen molar-refractivity contribution in [3.8, 4) is 0 Å². The molecule has 0 aliphatic carbocycles. The molecule has 1 fully saturated rings. The molecule has 5 N–H and O–H groups in total. The van der Waals surface area contributed by atoms with Gasteiger partial charge in [-0.2, -0.15) is 0 Å². The van der Waals surface area contributed by atoms with E-state index >= 15 is 0 Å². The number of amides is 5.